The second-order valence-corrected chi connectivity index (χ2v) is 6.67. The Hall–Kier alpha value is -4.15. The van der Waals surface area contributed by atoms with Crippen LogP contribution in [0.15, 0.2) is 49.1 Å². The first kappa shape index (κ1) is 20.6. The SMILES string of the molecule is Cc1cc(O)c(C(c2ccc([N+](=O)[O-])cc2)c2c(O)n(C)c(=O)n(C)c2=O)c(=O)o1. The van der Waals surface area contributed by atoms with E-state index in [1.807, 2.05) is 0 Å². The first-order chi connectivity index (χ1) is 14.0. The number of rotatable bonds is 4. The summed E-state index contributed by atoms with van der Waals surface area (Å²) in [6.07, 6.45) is 0. The third kappa shape index (κ3) is 3.26. The summed E-state index contributed by atoms with van der Waals surface area (Å²) in [7, 11) is 2.42. The lowest BCUT2D eigenvalue weighted by Gasteiger charge is -2.20. The third-order valence-corrected chi connectivity index (χ3v) is 4.77. The highest BCUT2D eigenvalue weighted by Crippen LogP contribution is 2.37. The molecular weight excluding hydrogens is 398 g/mol. The lowest BCUT2D eigenvalue weighted by molar-refractivity contribution is -0.384. The molecule has 0 bridgehead atoms. The molecule has 11 heteroatoms. The van der Waals surface area contributed by atoms with Crippen LogP contribution in [0, 0.1) is 17.0 Å². The quantitative estimate of drug-likeness (QED) is 0.469. The number of aryl methyl sites for hydroxylation is 1. The number of nitro groups is 1. The molecule has 2 aromatic heterocycles. The number of hydrogen-bond acceptors (Lipinski definition) is 8. The van der Waals surface area contributed by atoms with Gasteiger partial charge in [-0.1, -0.05) is 12.1 Å². The van der Waals surface area contributed by atoms with Crippen molar-refractivity contribution in [3.63, 3.8) is 0 Å². The van der Waals surface area contributed by atoms with Crippen molar-refractivity contribution in [2.75, 3.05) is 0 Å². The van der Waals surface area contributed by atoms with E-state index in [-0.39, 0.29) is 28.1 Å². The average molecular weight is 415 g/mol. The smallest absolute Gasteiger partial charge is 0.343 e. The molecule has 0 aliphatic heterocycles. The summed E-state index contributed by atoms with van der Waals surface area (Å²) in [4.78, 5) is 47.9. The first-order valence-electron chi connectivity index (χ1n) is 8.61. The van der Waals surface area contributed by atoms with Gasteiger partial charge >= 0.3 is 11.3 Å². The van der Waals surface area contributed by atoms with Gasteiger partial charge in [0.15, 0.2) is 0 Å². The summed E-state index contributed by atoms with van der Waals surface area (Å²) >= 11 is 0. The van der Waals surface area contributed by atoms with Gasteiger partial charge in [-0.05, 0) is 12.5 Å². The molecule has 0 spiro atoms. The molecule has 30 heavy (non-hydrogen) atoms. The topological polar surface area (TPSA) is 158 Å². The van der Waals surface area contributed by atoms with E-state index in [9.17, 15) is 34.7 Å². The minimum atomic E-state index is -1.37. The molecule has 2 heterocycles. The number of non-ortho nitro benzene ring substituents is 1. The highest BCUT2D eigenvalue weighted by molar-refractivity contribution is 5.51. The summed E-state index contributed by atoms with van der Waals surface area (Å²) in [6, 6.07) is 6.03. The molecule has 11 nitrogen and oxygen atoms in total. The maximum atomic E-state index is 12.9. The summed E-state index contributed by atoms with van der Waals surface area (Å²) in [5.74, 6) is -2.47. The van der Waals surface area contributed by atoms with E-state index >= 15 is 0 Å². The van der Waals surface area contributed by atoms with E-state index in [2.05, 4.69) is 0 Å². The molecule has 3 rings (SSSR count). The highest BCUT2D eigenvalue weighted by atomic mass is 16.6. The van der Waals surface area contributed by atoms with Crippen LogP contribution in [0.1, 0.15) is 28.4 Å². The van der Waals surface area contributed by atoms with Crippen molar-refractivity contribution >= 4 is 5.69 Å². The summed E-state index contributed by atoms with van der Waals surface area (Å²) in [5.41, 5.74) is -3.47. The van der Waals surface area contributed by atoms with Gasteiger partial charge in [-0.25, -0.2) is 9.59 Å². The van der Waals surface area contributed by atoms with Crippen molar-refractivity contribution in [3.8, 4) is 11.6 Å². The van der Waals surface area contributed by atoms with E-state index in [1.54, 1.807) is 0 Å². The molecule has 0 aliphatic rings. The van der Waals surface area contributed by atoms with Crippen LogP contribution in [-0.4, -0.2) is 24.3 Å². The van der Waals surface area contributed by atoms with Crippen molar-refractivity contribution in [1.29, 1.82) is 0 Å². The number of nitro benzene ring substituents is 1. The Morgan fingerprint density at radius 2 is 1.63 bits per heavy atom. The summed E-state index contributed by atoms with van der Waals surface area (Å²) in [6.45, 7) is 1.44. The molecule has 2 N–H and O–H groups in total. The fourth-order valence-corrected chi connectivity index (χ4v) is 3.25. The van der Waals surface area contributed by atoms with Gasteiger partial charge in [0.1, 0.15) is 11.5 Å². The number of hydrogen-bond donors (Lipinski definition) is 2. The fourth-order valence-electron chi connectivity index (χ4n) is 3.25. The van der Waals surface area contributed by atoms with Crippen LogP contribution >= 0.6 is 0 Å². The van der Waals surface area contributed by atoms with Crippen molar-refractivity contribution < 1.29 is 19.6 Å². The maximum absolute atomic E-state index is 12.9. The van der Waals surface area contributed by atoms with Crippen LogP contribution in [0.5, 0.6) is 11.6 Å². The molecule has 0 aliphatic carbocycles. The molecule has 0 fully saturated rings. The number of benzene rings is 1. The van der Waals surface area contributed by atoms with Gasteiger partial charge in [-0.2, -0.15) is 0 Å². The van der Waals surface area contributed by atoms with Gasteiger partial charge in [0, 0.05) is 32.3 Å². The summed E-state index contributed by atoms with van der Waals surface area (Å²) < 4.78 is 6.60. The Morgan fingerprint density at radius 3 is 2.17 bits per heavy atom. The van der Waals surface area contributed by atoms with Crippen molar-refractivity contribution in [1.82, 2.24) is 9.13 Å². The van der Waals surface area contributed by atoms with Gasteiger partial charge < -0.3 is 14.6 Å². The predicted molar refractivity (Wildman–Crippen MR) is 104 cm³/mol. The standard InChI is InChI=1S/C19H17N3O8/c1-9-8-12(23)14(18(26)30-9)13(10-4-6-11(7-5-10)22(28)29)15-16(24)20(2)19(27)21(3)17(15)25/h4-8,13,23-24H,1-3H3. The van der Waals surface area contributed by atoms with Gasteiger partial charge in [0.05, 0.1) is 22.0 Å². The van der Waals surface area contributed by atoms with Crippen LogP contribution in [0.2, 0.25) is 0 Å². The zero-order valence-electron chi connectivity index (χ0n) is 16.1. The van der Waals surface area contributed by atoms with Crippen LogP contribution in [0.3, 0.4) is 0 Å². The van der Waals surface area contributed by atoms with E-state index in [0.717, 1.165) is 21.3 Å². The molecule has 3 aromatic rings. The van der Waals surface area contributed by atoms with Crippen LogP contribution in [0.4, 0.5) is 5.69 Å². The first-order valence-corrected chi connectivity index (χ1v) is 8.61. The van der Waals surface area contributed by atoms with E-state index in [4.69, 9.17) is 4.42 Å². The molecule has 0 amide bonds. The normalized spacial score (nSPS) is 12.0. The molecular formula is C19H17N3O8. The monoisotopic (exact) mass is 415 g/mol. The molecule has 0 saturated carbocycles. The highest BCUT2D eigenvalue weighted by Gasteiger charge is 2.32. The Labute approximate surface area is 167 Å². The Bertz CT molecular complexity index is 1330. The van der Waals surface area contributed by atoms with E-state index in [1.165, 1.54) is 39.2 Å². The number of aromatic nitrogens is 2. The molecule has 1 atom stereocenters. The zero-order chi connectivity index (χ0) is 22.3. The van der Waals surface area contributed by atoms with Crippen LogP contribution in [0.25, 0.3) is 0 Å². The second-order valence-electron chi connectivity index (χ2n) is 6.67. The van der Waals surface area contributed by atoms with E-state index < -0.39 is 39.3 Å². The fraction of sp³-hybridized carbons (Fsp3) is 0.211. The van der Waals surface area contributed by atoms with Gasteiger partial charge in [0.25, 0.3) is 11.2 Å². The number of nitrogens with zero attached hydrogens (tertiary/aromatic N) is 3. The molecule has 0 radical (unpaired) electrons. The third-order valence-electron chi connectivity index (χ3n) is 4.77. The lowest BCUT2D eigenvalue weighted by Crippen LogP contribution is -2.40. The Balaban J connectivity index is 2.45. The lowest BCUT2D eigenvalue weighted by atomic mass is 9.86. The van der Waals surface area contributed by atoms with Gasteiger partial charge in [0.2, 0.25) is 5.88 Å². The predicted octanol–water partition coefficient (Wildman–Crippen LogP) is 0.845. The second kappa shape index (κ2) is 7.35. The van der Waals surface area contributed by atoms with Crippen molar-refractivity contribution in [2.45, 2.75) is 12.8 Å². The van der Waals surface area contributed by atoms with E-state index in [0.29, 0.717) is 0 Å². The molecule has 0 saturated heterocycles. The van der Waals surface area contributed by atoms with Crippen molar-refractivity contribution in [3.05, 3.63) is 94.2 Å². The van der Waals surface area contributed by atoms with Crippen LogP contribution < -0.4 is 16.9 Å². The molecule has 1 unspecified atom stereocenters. The minimum absolute atomic E-state index is 0.112. The molecule has 1 aromatic carbocycles. The van der Waals surface area contributed by atoms with Crippen molar-refractivity contribution in [2.24, 2.45) is 14.1 Å². The van der Waals surface area contributed by atoms with Crippen LogP contribution in [-0.2, 0) is 14.1 Å². The zero-order valence-corrected chi connectivity index (χ0v) is 16.1. The average Bonchev–Trinajstić information content (AvgIpc) is 2.69. The Kier molecular flexibility index (Phi) is 5.04. The Morgan fingerprint density at radius 1 is 1.03 bits per heavy atom. The minimum Gasteiger partial charge on any atom is -0.507 e. The van der Waals surface area contributed by atoms with Gasteiger partial charge in [-0.3, -0.25) is 24.0 Å². The largest absolute Gasteiger partial charge is 0.507 e. The number of aromatic hydroxyl groups is 2. The maximum Gasteiger partial charge on any atom is 0.343 e. The van der Waals surface area contributed by atoms with Gasteiger partial charge in [-0.15, -0.1) is 0 Å². The summed E-state index contributed by atoms with van der Waals surface area (Å²) in [5, 5.41) is 32.0. The molecule has 156 valence electrons.